The van der Waals surface area contributed by atoms with E-state index in [4.69, 9.17) is 38.2 Å². The summed E-state index contributed by atoms with van der Waals surface area (Å²) in [6.07, 6.45) is 11.8. The van der Waals surface area contributed by atoms with Crippen LogP contribution < -0.4 is 24.4 Å². The van der Waals surface area contributed by atoms with Gasteiger partial charge in [0.1, 0.15) is 29.5 Å². The fourth-order valence-electron chi connectivity index (χ4n) is 11.2. The number of likely N-dealkylation sites (tertiary alicyclic amines) is 1. The number of allylic oxidation sites excluding steroid dienone is 3. The first kappa shape index (κ1) is 48.3. The Morgan fingerprint density at radius 3 is 2.49 bits per heavy atom. The Bertz CT molecular complexity index is 2370. The molecule has 3 aromatic rings. The minimum absolute atomic E-state index is 0.0243. The average Bonchev–Trinajstić information content (AvgIpc) is 3.88. The Labute approximate surface area is 405 Å². The molecule has 4 fully saturated rings. The van der Waals surface area contributed by atoms with Crippen LogP contribution in [0.4, 0.5) is 16.2 Å². The zero-order valence-corrected chi connectivity index (χ0v) is 40.1. The summed E-state index contributed by atoms with van der Waals surface area (Å²) in [7, 11) is 1.59. The Hall–Kier alpha value is -5.78. The molecule has 0 bridgehead atoms. The van der Waals surface area contributed by atoms with E-state index in [-0.39, 0.29) is 29.9 Å². The maximum atomic E-state index is 13.9. The number of methoxy groups -OCH3 is 1. The second kappa shape index (κ2) is 22.3. The minimum atomic E-state index is -0.442. The quantitative estimate of drug-likeness (QED) is 0.114. The van der Waals surface area contributed by atoms with Crippen LogP contribution in [0.3, 0.4) is 0 Å². The van der Waals surface area contributed by atoms with Gasteiger partial charge in [-0.2, -0.15) is 0 Å². The molecule has 0 aromatic heterocycles. The highest BCUT2D eigenvalue weighted by atomic mass is 16.6. The number of anilines is 2. The van der Waals surface area contributed by atoms with E-state index in [2.05, 4.69) is 15.1 Å². The van der Waals surface area contributed by atoms with Crippen molar-refractivity contribution in [2.45, 2.75) is 76.9 Å². The van der Waals surface area contributed by atoms with E-state index < -0.39 is 18.2 Å². The Morgan fingerprint density at radius 1 is 0.884 bits per heavy atom. The normalized spacial score (nSPS) is 25.1. The molecule has 368 valence electrons. The number of aliphatic imine (C=N–C) groups is 1. The van der Waals surface area contributed by atoms with E-state index in [0.29, 0.717) is 120 Å². The number of fused-ring (bicyclic) bond motifs is 1. The number of nitrogens with zero attached hydrogens (tertiary/aromatic N) is 5. The molecule has 6 unspecified atom stereocenters. The van der Waals surface area contributed by atoms with Crippen molar-refractivity contribution >= 4 is 35.0 Å². The third kappa shape index (κ3) is 11.0. The number of benzene rings is 3. The van der Waals surface area contributed by atoms with Gasteiger partial charge in [-0.3, -0.25) is 34.6 Å². The van der Waals surface area contributed by atoms with Gasteiger partial charge in [-0.25, -0.2) is 4.79 Å². The lowest BCUT2D eigenvalue weighted by atomic mass is 9.68. The van der Waals surface area contributed by atoms with Gasteiger partial charge in [-0.1, -0.05) is 55.0 Å². The number of nitrogens with one attached hydrogen (secondary N) is 1. The highest BCUT2D eigenvalue weighted by molar-refractivity contribution is 6.18. The van der Waals surface area contributed by atoms with Gasteiger partial charge in [0.2, 0.25) is 5.91 Å². The molecule has 3 aromatic carbocycles. The topological polar surface area (TPSA) is 153 Å². The SMILES string of the molecule is CCOc1ccccc1N1C(=O)C2C=CC=CC2=NC1CN1CCN(C(=O)COc2ccc(COCCOCCOCN3C4CCCC45CC(OC(=O)Nc4cc(C)ccc4OC)CC35)cc2)CC1. The minimum Gasteiger partial charge on any atom is -0.495 e. The van der Waals surface area contributed by atoms with Crippen molar-refractivity contribution in [1.82, 2.24) is 14.7 Å². The lowest BCUT2D eigenvalue weighted by Crippen LogP contribution is -2.67. The van der Waals surface area contributed by atoms with Crippen LogP contribution in [0.15, 0.2) is 96.0 Å². The Morgan fingerprint density at radius 2 is 1.68 bits per heavy atom. The van der Waals surface area contributed by atoms with Crippen LogP contribution >= 0.6 is 0 Å². The summed E-state index contributed by atoms with van der Waals surface area (Å²) >= 11 is 0. The standard InChI is InChI=1S/C53H66N6O10/c1-4-67-46-13-8-7-12-44(46)59-49(54-42-11-6-5-10-41(42)51(59)61)33-56-22-24-57(25-23-56)50(60)35-68-39-18-16-38(17-19-39)34-65-28-26-64-27-29-66-36-58-47-14-9-21-53(47)32-40(31-48(53)58)69-52(62)55-43-30-37(2)15-20-45(43)63-3/h5-8,10-13,15-20,30,40-41,47-49H,4,9,14,21-29,31-36H2,1-3H3,(H,55,62). The molecule has 9 rings (SSSR count). The van der Waals surface area contributed by atoms with Gasteiger partial charge in [0.25, 0.3) is 5.91 Å². The van der Waals surface area contributed by atoms with Crippen LogP contribution in [-0.2, 0) is 35.1 Å². The number of hydrogen-bond acceptors (Lipinski definition) is 13. The van der Waals surface area contributed by atoms with E-state index in [9.17, 15) is 14.4 Å². The third-order valence-corrected chi connectivity index (χ3v) is 14.4. The van der Waals surface area contributed by atoms with Gasteiger partial charge >= 0.3 is 6.09 Å². The Balaban J connectivity index is 0.633. The second-order valence-corrected chi connectivity index (χ2v) is 18.6. The predicted octanol–water partition coefficient (Wildman–Crippen LogP) is 6.62. The number of ether oxygens (including phenoxy) is 7. The molecule has 2 saturated heterocycles. The number of hydrogen-bond donors (Lipinski definition) is 1. The number of carbonyl (C=O) groups is 3. The third-order valence-electron chi connectivity index (χ3n) is 14.4. The van der Waals surface area contributed by atoms with E-state index in [0.717, 1.165) is 36.1 Å². The summed E-state index contributed by atoms with van der Waals surface area (Å²) in [5.74, 6) is 1.36. The number of para-hydroxylation sites is 2. The fourth-order valence-corrected chi connectivity index (χ4v) is 11.2. The lowest BCUT2D eigenvalue weighted by Gasteiger charge is -2.58. The summed E-state index contributed by atoms with van der Waals surface area (Å²) in [6, 6.07) is 21.7. The lowest BCUT2D eigenvalue weighted by molar-refractivity contribution is -0.157. The average molecular weight is 947 g/mol. The van der Waals surface area contributed by atoms with Crippen LogP contribution in [0, 0.1) is 18.3 Å². The molecule has 3 heterocycles. The number of carbonyl (C=O) groups excluding carboxylic acids is 3. The largest absolute Gasteiger partial charge is 0.495 e. The maximum absolute atomic E-state index is 13.9. The molecule has 3 aliphatic carbocycles. The molecule has 16 heteroatoms. The van der Waals surface area contributed by atoms with Crippen molar-refractivity contribution in [3.63, 3.8) is 0 Å². The first-order valence-electron chi connectivity index (χ1n) is 24.5. The van der Waals surface area contributed by atoms with E-state index >= 15 is 0 Å². The van der Waals surface area contributed by atoms with E-state index in [1.807, 2.05) is 110 Å². The van der Waals surface area contributed by atoms with Crippen molar-refractivity contribution in [3.05, 3.63) is 102 Å². The summed E-state index contributed by atoms with van der Waals surface area (Å²) in [5, 5.41) is 2.88. The van der Waals surface area contributed by atoms with Crippen molar-refractivity contribution < 1.29 is 47.5 Å². The van der Waals surface area contributed by atoms with Crippen molar-refractivity contribution in [2.24, 2.45) is 16.3 Å². The van der Waals surface area contributed by atoms with E-state index in [1.54, 1.807) is 12.0 Å². The molecule has 3 aliphatic heterocycles. The number of rotatable bonds is 21. The molecular weight excluding hydrogens is 881 g/mol. The smallest absolute Gasteiger partial charge is 0.412 e. The zero-order valence-electron chi connectivity index (χ0n) is 40.1. The van der Waals surface area contributed by atoms with Gasteiger partial charge in [0.05, 0.1) is 76.5 Å². The molecule has 16 nitrogen and oxygen atoms in total. The van der Waals surface area contributed by atoms with Crippen molar-refractivity contribution in [1.29, 1.82) is 0 Å². The summed E-state index contributed by atoms with van der Waals surface area (Å²) in [5.41, 5.74) is 4.33. The second-order valence-electron chi connectivity index (χ2n) is 18.6. The van der Waals surface area contributed by atoms with E-state index in [1.165, 1.54) is 12.8 Å². The first-order valence-corrected chi connectivity index (χ1v) is 24.5. The van der Waals surface area contributed by atoms with Crippen molar-refractivity contribution in [3.8, 4) is 17.2 Å². The van der Waals surface area contributed by atoms with Gasteiger partial charge in [0.15, 0.2) is 6.61 Å². The molecule has 6 aliphatic rings. The first-order chi connectivity index (χ1) is 33.7. The number of amides is 3. The van der Waals surface area contributed by atoms with Crippen LogP contribution in [0.5, 0.6) is 17.2 Å². The fraction of sp³-hybridized carbons (Fsp3) is 0.509. The summed E-state index contributed by atoms with van der Waals surface area (Å²) in [6.45, 7) is 10.2. The molecule has 69 heavy (non-hydrogen) atoms. The summed E-state index contributed by atoms with van der Waals surface area (Å²) in [4.78, 5) is 53.4. The molecule has 2 saturated carbocycles. The highest BCUT2D eigenvalue weighted by Gasteiger charge is 2.66. The molecule has 3 amide bonds. The maximum Gasteiger partial charge on any atom is 0.412 e. The van der Waals surface area contributed by atoms with Crippen LogP contribution in [0.25, 0.3) is 0 Å². The molecule has 1 N–H and O–H groups in total. The van der Waals surface area contributed by atoms with Crippen LogP contribution in [0.1, 0.15) is 50.2 Å². The van der Waals surface area contributed by atoms with Crippen molar-refractivity contribution in [2.75, 3.05) is 96.4 Å². The van der Waals surface area contributed by atoms with Crippen LogP contribution in [-0.4, -0.2) is 149 Å². The van der Waals surface area contributed by atoms with Gasteiger partial charge in [-0.15, -0.1) is 0 Å². The van der Waals surface area contributed by atoms with Gasteiger partial charge in [0, 0.05) is 56.6 Å². The van der Waals surface area contributed by atoms with Gasteiger partial charge < -0.3 is 38.1 Å². The predicted molar refractivity (Wildman–Crippen MR) is 261 cm³/mol. The zero-order chi connectivity index (χ0) is 47.7. The molecule has 6 atom stereocenters. The molecule has 0 radical (unpaired) electrons. The summed E-state index contributed by atoms with van der Waals surface area (Å²) < 4.78 is 40.9. The highest BCUT2D eigenvalue weighted by Crippen LogP contribution is 2.62. The van der Waals surface area contributed by atoms with Crippen LogP contribution in [0.2, 0.25) is 0 Å². The number of piperazine rings is 1. The monoisotopic (exact) mass is 946 g/mol. The van der Waals surface area contributed by atoms with Gasteiger partial charge in [-0.05, 0) is 86.7 Å². The molecule has 1 spiro atoms. The number of aryl methyl sites for hydroxylation is 1. The Kier molecular flexibility index (Phi) is 15.6. The molecular formula is C53H66N6O10.